The smallest absolute Gasteiger partial charge is 0.174 e. The number of nitrogens with one attached hydrogen (secondary N) is 1. The molecular weight excluding hydrogens is 538 g/mol. The Kier molecular flexibility index (Phi) is 9.09. The van der Waals surface area contributed by atoms with Gasteiger partial charge in [0.15, 0.2) is 5.78 Å². The SMILES string of the molecule is CNC1CCC(C(CCc2cc(-c3ccc(N)nc3C)ccc2OC)CC(=O)c2sc3ccccc3c2Cl)CC1. The number of aryl methyl sites for hydroxylation is 2. The third-order valence-corrected chi connectivity index (χ3v) is 10.3. The number of carbonyl (C=O) groups excluding carboxylic acids is 1. The van der Waals surface area contributed by atoms with Gasteiger partial charge >= 0.3 is 0 Å². The molecule has 2 aromatic heterocycles. The van der Waals surface area contributed by atoms with Crippen LogP contribution in [0.15, 0.2) is 54.6 Å². The van der Waals surface area contributed by atoms with E-state index in [1.807, 2.05) is 56.4 Å². The van der Waals surface area contributed by atoms with E-state index < -0.39 is 0 Å². The Balaban J connectivity index is 1.39. The van der Waals surface area contributed by atoms with Crippen molar-refractivity contribution in [3.05, 3.63) is 75.8 Å². The number of thiophene rings is 1. The molecule has 0 aliphatic heterocycles. The van der Waals surface area contributed by atoms with Crippen molar-refractivity contribution < 1.29 is 9.53 Å². The Hall–Kier alpha value is -2.93. The normalized spacial score (nSPS) is 18.1. The number of ether oxygens (including phenoxy) is 1. The van der Waals surface area contributed by atoms with E-state index in [0.29, 0.717) is 34.1 Å². The number of anilines is 1. The molecule has 7 heteroatoms. The lowest BCUT2D eigenvalue weighted by molar-refractivity contribution is 0.0925. The molecule has 1 unspecified atom stereocenters. The van der Waals surface area contributed by atoms with Gasteiger partial charge in [-0.1, -0.05) is 35.9 Å². The van der Waals surface area contributed by atoms with Crippen molar-refractivity contribution in [3.8, 4) is 16.9 Å². The molecular formula is C33H38ClN3O2S. The molecule has 0 amide bonds. The van der Waals surface area contributed by atoms with Gasteiger partial charge in [0.2, 0.25) is 0 Å². The third-order valence-electron chi connectivity index (χ3n) is 8.57. The van der Waals surface area contributed by atoms with Crippen molar-refractivity contribution in [2.75, 3.05) is 19.9 Å². The highest BCUT2D eigenvalue weighted by Crippen LogP contribution is 2.40. The fourth-order valence-electron chi connectivity index (χ4n) is 6.28. The lowest BCUT2D eigenvalue weighted by Crippen LogP contribution is -2.33. The summed E-state index contributed by atoms with van der Waals surface area (Å²) in [5.74, 6) is 2.35. The Morgan fingerprint density at radius 3 is 2.62 bits per heavy atom. The molecule has 40 heavy (non-hydrogen) atoms. The van der Waals surface area contributed by atoms with E-state index >= 15 is 0 Å². The summed E-state index contributed by atoms with van der Waals surface area (Å²) in [6.07, 6.45) is 6.85. The van der Waals surface area contributed by atoms with Crippen molar-refractivity contribution in [1.29, 1.82) is 0 Å². The van der Waals surface area contributed by atoms with Crippen LogP contribution >= 0.6 is 22.9 Å². The summed E-state index contributed by atoms with van der Waals surface area (Å²) in [6, 6.07) is 18.8. The number of fused-ring (bicyclic) bond motifs is 1. The molecule has 1 aliphatic rings. The minimum atomic E-state index is 0.163. The topological polar surface area (TPSA) is 77.2 Å². The zero-order valence-electron chi connectivity index (χ0n) is 23.5. The number of nitrogens with zero attached hydrogens (tertiary/aromatic N) is 1. The van der Waals surface area contributed by atoms with E-state index in [1.165, 1.54) is 11.3 Å². The second kappa shape index (κ2) is 12.7. The Morgan fingerprint density at radius 1 is 1.15 bits per heavy atom. The number of hydrogen-bond donors (Lipinski definition) is 2. The van der Waals surface area contributed by atoms with Crippen LogP contribution in [0.2, 0.25) is 5.02 Å². The summed E-state index contributed by atoms with van der Waals surface area (Å²) in [5, 5.41) is 5.01. The number of carbonyl (C=O) groups is 1. The summed E-state index contributed by atoms with van der Waals surface area (Å²) in [7, 11) is 3.77. The lowest BCUT2D eigenvalue weighted by Gasteiger charge is -2.34. The quantitative estimate of drug-likeness (QED) is 0.187. The van der Waals surface area contributed by atoms with Gasteiger partial charge in [-0.15, -0.1) is 11.3 Å². The number of Topliss-reactive ketones (excluding diaryl/α,β-unsaturated/α-hetero) is 1. The molecule has 210 valence electrons. The Labute approximate surface area is 246 Å². The van der Waals surface area contributed by atoms with Crippen LogP contribution in [-0.2, 0) is 6.42 Å². The fraction of sp³-hybridized carbons (Fsp3) is 0.394. The summed E-state index contributed by atoms with van der Waals surface area (Å²) < 4.78 is 6.83. The van der Waals surface area contributed by atoms with Crippen molar-refractivity contribution in [2.24, 2.45) is 11.8 Å². The van der Waals surface area contributed by atoms with Gasteiger partial charge in [0.25, 0.3) is 0 Å². The molecule has 0 radical (unpaired) electrons. The van der Waals surface area contributed by atoms with E-state index in [0.717, 1.165) is 76.7 Å². The standard InChI is InChI=1S/C33H38ClN3O2S/c1-20-26(15-17-31(35)37-20)23-12-16-29(39-3)24(18-23)9-8-22(21-10-13-25(36-2)14-11-21)19-28(38)33-32(34)27-6-4-5-7-30(27)40-33/h4-7,12,15-18,21-22,25,36H,8-11,13-14,19H2,1-3H3,(H2,35,37). The van der Waals surface area contributed by atoms with Gasteiger partial charge in [-0.2, -0.15) is 0 Å². The highest BCUT2D eigenvalue weighted by Gasteiger charge is 2.30. The average Bonchev–Trinajstić information content (AvgIpc) is 3.31. The summed E-state index contributed by atoms with van der Waals surface area (Å²) in [4.78, 5) is 18.9. The van der Waals surface area contributed by atoms with E-state index in [-0.39, 0.29) is 11.7 Å². The van der Waals surface area contributed by atoms with Crippen LogP contribution in [0.3, 0.4) is 0 Å². The molecule has 1 aliphatic carbocycles. The second-order valence-electron chi connectivity index (χ2n) is 11.0. The second-order valence-corrected chi connectivity index (χ2v) is 12.4. The average molecular weight is 576 g/mol. The van der Waals surface area contributed by atoms with Gasteiger partial charge in [0, 0.05) is 33.8 Å². The number of nitrogens with two attached hydrogens (primary N) is 1. The minimum absolute atomic E-state index is 0.163. The number of hydrogen-bond acceptors (Lipinski definition) is 6. The molecule has 4 aromatic rings. The first kappa shape index (κ1) is 28.6. The summed E-state index contributed by atoms with van der Waals surface area (Å²) >= 11 is 8.24. The number of methoxy groups -OCH3 is 1. The molecule has 5 nitrogen and oxygen atoms in total. The van der Waals surface area contributed by atoms with Gasteiger partial charge in [0.1, 0.15) is 11.6 Å². The zero-order valence-corrected chi connectivity index (χ0v) is 25.1. The van der Waals surface area contributed by atoms with Gasteiger partial charge in [-0.25, -0.2) is 4.98 Å². The van der Waals surface area contributed by atoms with Gasteiger partial charge in [-0.3, -0.25) is 4.79 Å². The van der Waals surface area contributed by atoms with Crippen LogP contribution < -0.4 is 15.8 Å². The third kappa shape index (κ3) is 6.19. The number of nitrogen functional groups attached to an aromatic ring is 1. The van der Waals surface area contributed by atoms with Gasteiger partial charge in [-0.05, 0) is 106 Å². The van der Waals surface area contributed by atoms with E-state index in [1.54, 1.807) is 7.11 Å². The van der Waals surface area contributed by atoms with Crippen molar-refractivity contribution in [1.82, 2.24) is 10.3 Å². The Morgan fingerprint density at radius 2 is 1.93 bits per heavy atom. The largest absolute Gasteiger partial charge is 0.496 e. The maximum atomic E-state index is 13.7. The van der Waals surface area contributed by atoms with Crippen molar-refractivity contribution in [3.63, 3.8) is 0 Å². The molecule has 1 saturated carbocycles. The monoisotopic (exact) mass is 575 g/mol. The van der Waals surface area contributed by atoms with E-state index in [9.17, 15) is 4.79 Å². The number of rotatable bonds is 10. The van der Waals surface area contributed by atoms with Crippen molar-refractivity contribution >= 4 is 44.6 Å². The fourth-order valence-corrected chi connectivity index (χ4v) is 7.76. The molecule has 0 spiro atoms. The molecule has 1 atom stereocenters. The number of halogens is 1. The van der Waals surface area contributed by atoms with Crippen LogP contribution in [0, 0.1) is 18.8 Å². The first-order valence-electron chi connectivity index (χ1n) is 14.2. The number of ketones is 1. The molecule has 2 aromatic carbocycles. The van der Waals surface area contributed by atoms with Crippen molar-refractivity contribution in [2.45, 2.75) is 57.9 Å². The highest BCUT2D eigenvalue weighted by atomic mass is 35.5. The predicted octanol–water partition coefficient (Wildman–Crippen LogP) is 8.12. The summed E-state index contributed by atoms with van der Waals surface area (Å²) in [5.41, 5.74) is 10.1. The maximum Gasteiger partial charge on any atom is 0.174 e. The molecule has 1 fully saturated rings. The maximum absolute atomic E-state index is 13.7. The number of aromatic nitrogens is 1. The minimum Gasteiger partial charge on any atom is -0.496 e. The van der Waals surface area contributed by atoms with Crippen LogP contribution in [-0.4, -0.2) is 31.0 Å². The van der Waals surface area contributed by atoms with Gasteiger partial charge < -0.3 is 15.8 Å². The summed E-state index contributed by atoms with van der Waals surface area (Å²) in [6.45, 7) is 1.98. The van der Waals surface area contributed by atoms with E-state index in [4.69, 9.17) is 22.1 Å². The molecule has 5 rings (SSSR count). The van der Waals surface area contributed by atoms with Gasteiger partial charge in [0.05, 0.1) is 17.0 Å². The first-order chi connectivity index (χ1) is 19.4. The predicted molar refractivity (Wildman–Crippen MR) is 168 cm³/mol. The van der Waals surface area contributed by atoms with Crippen LogP contribution in [0.25, 0.3) is 21.2 Å². The van der Waals surface area contributed by atoms with Crippen LogP contribution in [0.5, 0.6) is 5.75 Å². The Bertz CT molecular complexity index is 1490. The van der Waals surface area contributed by atoms with E-state index in [2.05, 4.69) is 22.4 Å². The van der Waals surface area contributed by atoms with Crippen LogP contribution in [0.4, 0.5) is 5.82 Å². The molecule has 3 N–H and O–H groups in total. The highest BCUT2D eigenvalue weighted by molar-refractivity contribution is 7.21. The number of benzene rings is 2. The number of pyridine rings is 1. The molecule has 0 saturated heterocycles. The zero-order chi connectivity index (χ0) is 28.2. The molecule has 0 bridgehead atoms. The lowest BCUT2D eigenvalue weighted by atomic mass is 9.74. The molecule has 2 heterocycles. The first-order valence-corrected chi connectivity index (χ1v) is 15.3. The van der Waals surface area contributed by atoms with Crippen LogP contribution in [0.1, 0.15) is 59.5 Å².